The zero-order valence-electron chi connectivity index (χ0n) is 15.1. The van der Waals surface area contributed by atoms with Gasteiger partial charge in [0.05, 0.1) is 11.0 Å². The average Bonchev–Trinajstić information content (AvgIpc) is 3.23. The van der Waals surface area contributed by atoms with Gasteiger partial charge >= 0.3 is 0 Å². The van der Waals surface area contributed by atoms with Gasteiger partial charge in [-0.25, -0.2) is 4.98 Å². The second kappa shape index (κ2) is 6.54. The Labute approximate surface area is 153 Å². The van der Waals surface area contributed by atoms with E-state index in [9.17, 15) is 4.79 Å². The summed E-state index contributed by atoms with van der Waals surface area (Å²) in [5.74, 6) is 1.30. The third-order valence-electron chi connectivity index (χ3n) is 5.70. The Morgan fingerprint density at radius 3 is 2.72 bits per heavy atom. The van der Waals surface area contributed by atoms with Gasteiger partial charge in [-0.05, 0) is 30.9 Å². The maximum atomic E-state index is 12.3. The van der Waals surface area contributed by atoms with Crippen LogP contribution >= 0.6 is 11.3 Å². The summed E-state index contributed by atoms with van der Waals surface area (Å²) in [7, 11) is 0. The Morgan fingerprint density at radius 2 is 2.04 bits per heavy atom. The van der Waals surface area contributed by atoms with E-state index in [1.807, 2.05) is 6.20 Å². The standard InChI is InChI=1S/C20H25N3OS/c1-13-6-4-5-7-18(13)20-19-12-22(11-17-8-21-14(2)25-17)9-16(19)10-23(20)15(3)24/h4-8,16,19-20H,9-12H2,1-3H3/t16-,19-,20+/m1/s1. The van der Waals surface area contributed by atoms with Crippen LogP contribution in [-0.2, 0) is 11.3 Å². The molecule has 2 saturated heterocycles. The van der Waals surface area contributed by atoms with Gasteiger partial charge in [0.2, 0.25) is 5.91 Å². The monoisotopic (exact) mass is 355 g/mol. The molecule has 25 heavy (non-hydrogen) atoms. The number of amides is 1. The van der Waals surface area contributed by atoms with Crippen molar-refractivity contribution < 1.29 is 4.79 Å². The molecule has 0 radical (unpaired) electrons. The Balaban J connectivity index is 1.57. The van der Waals surface area contributed by atoms with Crippen LogP contribution < -0.4 is 0 Å². The van der Waals surface area contributed by atoms with Crippen molar-refractivity contribution in [3.8, 4) is 0 Å². The summed E-state index contributed by atoms with van der Waals surface area (Å²) in [5.41, 5.74) is 2.61. The first-order valence-electron chi connectivity index (χ1n) is 8.99. The minimum absolute atomic E-state index is 0.201. The van der Waals surface area contributed by atoms with E-state index in [-0.39, 0.29) is 11.9 Å². The second-order valence-corrected chi connectivity index (χ2v) is 8.76. The number of hydrogen-bond donors (Lipinski definition) is 0. The zero-order chi connectivity index (χ0) is 17.6. The lowest BCUT2D eigenvalue weighted by molar-refractivity contribution is -0.130. The van der Waals surface area contributed by atoms with E-state index in [1.165, 1.54) is 16.0 Å². The van der Waals surface area contributed by atoms with Crippen LogP contribution in [0.4, 0.5) is 0 Å². The van der Waals surface area contributed by atoms with Crippen LogP contribution in [0.1, 0.15) is 34.0 Å². The SMILES string of the molecule is CC(=O)N1C[C@H]2CN(Cc3cnc(C)s3)C[C@H]2[C@@H]1c1ccccc1C. The number of nitrogens with zero attached hydrogens (tertiary/aromatic N) is 3. The Hall–Kier alpha value is -1.72. The van der Waals surface area contributed by atoms with Crippen molar-refractivity contribution in [1.29, 1.82) is 0 Å². The number of rotatable bonds is 3. The molecule has 5 heteroatoms. The molecular weight excluding hydrogens is 330 g/mol. The fourth-order valence-electron chi connectivity index (χ4n) is 4.61. The van der Waals surface area contributed by atoms with Crippen molar-refractivity contribution in [1.82, 2.24) is 14.8 Å². The molecule has 0 bridgehead atoms. The van der Waals surface area contributed by atoms with E-state index in [0.717, 1.165) is 31.2 Å². The average molecular weight is 356 g/mol. The summed E-state index contributed by atoms with van der Waals surface area (Å²) in [6.45, 7) is 9.94. The molecule has 2 fully saturated rings. The lowest BCUT2D eigenvalue weighted by Crippen LogP contribution is -2.34. The van der Waals surface area contributed by atoms with E-state index in [1.54, 1.807) is 18.3 Å². The Bertz CT molecular complexity index is 787. The van der Waals surface area contributed by atoms with Crippen LogP contribution in [0.15, 0.2) is 30.5 Å². The highest BCUT2D eigenvalue weighted by Gasteiger charge is 2.48. The molecule has 0 aliphatic carbocycles. The van der Waals surface area contributed by atoms with Gasteiger partial charge in [0, 0.05) is 50.1 Å². The molecule has 0 saturated carbocycles. The largest absolute Gasteiger partial charge is 0.335 e. The van der Waals surface area contributed by atoms with Crippen molar-refractivity contribution in [3.63, 3.8) is 0 Å². The van der Waals surface area contributed by atoms with Gasteiger partial charge in [-0.1, -0.05) is 24.3 Å². The third-order valence-corrected chi connectivity index (χ3v) is 6.60. The molecule has 1 aromatic heterocycles. The number of carbonyl (C=O) groups excluding carboxylic acids is 1. The number of thiazole rings is 1. The van der Waals surface area contributed by atoms with Gasteiger partial charge in [0.1, 0.15) is 0 Å². The number of aryl methyl sites for hydroxylation is 2. The normalized spacial score (nSPS) is 26.2. The van der Waals surface area contributed by atoms with Crippen LogP contribution in [0.2, 0.25) is 0 Å². The van der Waals surface area contributed by atoms with Crippen LogP contribution in [0.25, 0.3) is 0 Å². The zero-order valence-corrected chi connectivity index (χ0v) is 15.9. The molecule has 0 spiro atoms. The number of benzene rings is 1. The van der Waals surface area contributed by atoms with E-state index < -0.39 is 0 Å². The molecule has 4 nitrogen and oxygen atoms in total. The molecule has 0 N–H and O–H groups in total. The summed E-state index contributed by atoms with van der Waals surface area (Å²) in [6.07, 6.45) is 2.01. The van der Waals surface area contributed by atoms with Gasteiger partial charge in [-0.2, -0.15) is 0 Å². The number of aromatic nitrogens is 1. The Kier molecular flexibility index (Phi) is 4.38. The topological polar surface area (TPSA) is 36.4 Å². The van der Waals surface area contributed by atoms with Crippen molar-refractivity contribution in [2.75, 3.05) is 19.6 Å². The molecule has 132 valence electrons. The highest BCUT2D eigenvalue weighted by atomic mass is 32.1. The highest BCUT2D eigenvalue weighted by molar-refractivity contribution is 7.11. The molecule has 3 heterocycles. The summed E-state index contributed by atoms with van der Waals surface area (Å²) in [4.78, 5) is 22.6. The summed E-state index contributed by atoms with van der Waals surface area (Å²) >= 11 is 1.79. The quantitative estimate of drug-likeness (QED) is 0.846. The minimum atomic E-state index is 0.201. The van der Waals surface area contributed by atoms with Crippen molar-refractivity contribution >= 4 is 17.2 Å². The number of carbonyl (C=O) groups is 1. The summed E-state index contributed by atoms with van der Waals surface area (Å²) in [5, 5.41) is 1.13. The fourth-order valence-corrected chi connectivity index (χ4v) is 5.44. The van der Waals surface area contributed by atoms with Crippen LogP contribution in [0, 0.1) is 25.7 Å². The number of hydrogen-bond acceptors (Lipinski definition) is 4. The van der Waals surface area contributed by atoms with Crippen LogP contribution in [0.3, 0.4) is 0 Å². The molecule has 2 aliphatic heterocycles. The van der Waals surface area contributed by atoms with Gasteiger partial charge in [-0.3, -0.25) is 9.69 Å². The van der Waals surface area contributed by atoms with Crippen molar-refractivity contribution in [2.45, 2.75) is 33.4 Å². The van der Waals surface area contributed by atoms with E-state index in [4.69, 9.17) is 0 Å². The van der Waals surface area contributed by atoms with Crippen molar-refractivity contribution in [2.24, 2.45) is 11.8 Å². The first kappa shape index (κ1) is 16.7. The van der Waals surface area contributed by atoms with Crippen LogP contribution in [0.5, 0.6) is 0 Å². The predicted molar refractivity (Wildman–Crippen MR) is 100 cm³/mol. The molecule has 2 aliphatic rings. The second-order valence-electron chi connectivity index (χ2n) is 7.44. The predicted octanol–water partition coefficient (Wildman–Crippen LogP) is 3.41. The molecule has 0 unspecified atom stereocenters. The van der Waals surface area contributed by atoms with Gasteiger partial charge in [0.25, 0.3) is 0 Å². The number of likely N-dealkylation sites (tertiary alicyclic amines) is 2. The summed E-state index contributed by atoms with van der Waals surface area (Å²) < 4.78 is 0. The van der Waals surface area contributed by atoms with Crippen molar-refractivity contribution in [3.05, 3.63) is 51.5 Å². The first-order valence-corrected chi connectivity index (χ1v) is 9.81. The van der Waals surface area contributed by atoms with Gasteiger partial charge in [0.15, 0.2) is 0 Å². The maximum Gasteiger partial charge on any atom is 0.219 e. The van der Waals surface area contributed by atoms with E-state index in [2.05, 4.69) is 52.9 Å². The maximum absolute atomic E-state index is 12.3. The first-order chi connectivity index (χ1) is 12.0. The number of fused-ring (bicyclic) bond motifs is 1. The fraction of sp³-hybridized carbons (Fsp3) is 0.500. The molecule has 1 amide bonds. The van der Waals surface area contributed by atoms with E-state index >= 15 is 0 Å². The smallest absolute Gasteiger partial charge is 0.219 e. The molecule has 3 atom stereocenters. The third kappa shape index (κ3) is 3.11. The lowest BCUT2D eigenvalue weighted by atomic mass is 9.87. The highest BCUT2D eigenvalue weighted by Crippen LogP contribution is 2.46. The van der Waals surface area contributed by atoms with E-state index in [0.29, 0.717) is 11.8 Å². The van der Waals surface area contributed by atoms with Gasteiger partial charge in [-0.15, -0.1) is 11.3 Å². The lowest BCUT2D eigenvalue weighted by Gasteiger charge is -2.30. The minimum Gasteiger partial charge on any atom is -0.335 e. The molecule has 4 rings (SSSR count). The Morgan fingerprint density at radius 1 is 1.24 bits per heavy atom. The molecule has 2 aromatic rings. The molecular formula is C20H25N3OS. The van der Waals surface area contributed by atoms with Gasteiger partial charge < -0.3 is 4.90 Å². The van der Waals surface area contributed by atoms with Crippen LogP contribution in [-0.4, -0.2) is 40.3 Å². The molecule has 1 aromatic carbocycles. The summed E-state index contributed by atoms with van der Waals surface area (Å²) in [6, 6.07) is 8.76.